The highest BCUT2D eigenvalue weighted by Crippen LogP contribution is 2.45. The second-order valence-electron chi connectivity index (χ2n) is 17.7. The van der Waals surface area contributed by atoms with Crippen molar-refractivity contribution in [2.75, 3.05) is 32.7 Å². The van der Waals surface area contributed by atoms with Crippen molar-refractivity contribution in [1.82, 2.24) is 34.8 Å². The highest BCUT2D eigenvalue weighted by Gasteiger charge is 2.49. The maximum absolute atomic E-state index is 16.4. The molecular weight excluding hydrogens is 1030 g/mol. The van der Waals surface area contributed by atoms with Gasteiger partial charge in [-0.1, -0.05) is 12.1 Å². The highest BCUT2D eigenvalue weighted by atomic mass is 35.5. The summed E-state index contributed by atoms with van der Waals surface area (Å²) in [4.78, 5) is 69.6. The quantitative estimate of drug-likeness (QED) is 0.0372. The number of aromatic nitrogens is 5. The molecule has 4 aliphatic rings. The van der Waals surface area contributed by atoms with Crippen LogP contribution < -0.4 is 24.0 Å². The zero-order chi connectivity index (χ0) is 53.0. The van der Waals surface area contributed by atoms with Crippen LogP contribution in [0, 0.1) is 5.82 Å². The van der Waals surface area contributed by atoms with Crippen molar-refractivity contribution in [2.24, 2.45) is 0 Å². The van der Waals surface area contributed by atoms with Crippen LogP contribution in [0.5, 0.6) is 17.2 Å². The number of aliphatic carboxylic acids is 1. The third-order valence-corrected chi connectivity index (χ3v) is 14.1. The number of nitrogens with one attached hydrogen (secondary N) is 1. The summed E-state index contributed by atoms with van der Waals surface area (Å²) in [7, 11) is -4.02. The number of alkyl halides is 1. The minimum Gasteiger partial charge on any atom is -0.479 e. The van der Waals surface area contributed by atoms with E-state index in [0.717, 1.165) is 18.2 Å². The Morgan fingerprint density at radius 3 is 2.53 bits per heavy atom. The lowest BCUT2D eigenvalue weighted by Crippen LogP contribution is -2.61. The predicted molar refractivity (Wildman–Crippen MR) is 248 cm³/mol. The predicted octanol–water partition coefficient (Wildman–Crippen LogP) is -0.0837. The first kappa shape index (κ1) is 52.0. The van der Waals surface area contributed by atoms with E-state index >= 15 is 4.39 Å². The van der Waals surface area contributed by atoms with E-state index in [1.54, 1.807) is 13.1 Å². The van der Waals surface area contributed by atoms with Gasteiger partial charge in [-0.2, -0.15) is 0 Å². The number of ether oxygens (including phenoxy) is 4. The number of aliphatic hydroxyl groups is 4. The van der Waals surface area contributed by atoms with Gasteiger partial charge in [0.2, 0.25) is 12.2 Å². The molecule has 6 atom stereocenters. The molecule has 1 fully saturated rings. The number of aryl methyl sites for hydroxylation is 2. The van der Waals surface area contributed by atoms with Crippen LogP contribution in [-0.4, -0.2) is 151 Å². The molecule has 2 amide bonds. The SMILES string of the molecule is CC[C@@]1(O)C(=O)OCc2c1cc1n(c2=O)Cc2c-1nc1cc(F)c(OS(=O)(=O)Oc3cc(C(=O)N(C)CCOCCn4cc(CNC(=O)CCl)nn4)ccc3O[C@@H]3O[C@H](C(=O)O)[C@@H](O)[C@H](O)[C@H]3O)c3c1c2CCC3. The smallest absolute Gasteiger partial charge is 0.479 e. The zero-order valence-electron chi connectivity index (χ0n) is 39.2. The topological polar surface area (TPSA) is 340 Å². The number of nitrogens with zero attached hydrogens (tertiary/aromatic N) is 6. The number of likely N-dealkylation sites (N-methyl/N-ethyl adjacent to an activating group) is 1. The van der Waals surface area contributed by atoms with E-state index in [2.05, 4.69) is 15.6 Å². The highest BCUT2D eigenvalue weighted by molar-refractivity contribution is 7.82. The van der Waals surface area contributed by atoms with Crippen molar-refractivity contribution in [1.29, 1.82) is 0 Å². The van der Waals surface area contributed by atoms with E-state index in [0.29, 0.717) is 40.7 Å². The summed E-state index contributed by atoms with van der Waals surface area (Å²) in [6.45, 7) is 1.79. The van der Waals surface area contributed by atoms with Gasteiger partial charge in [0.25, 0.3) is 11.5 Å². The van der Waals surface area contributed by atoms with E-state index in [1.165, 1.54) is 33.3 Å². The Bertz CT molecular complexity index is 3280. The monoisotopic (exact) mass is 1070 g/mol. The molecule has 9 rings (SSSR count). The van der Waals surface area contributed by atoms with E-state index in [4.69, 9.17) is 43.9 Å². The summed E-state index contributed by atoms with van der Waals surface area (Å²) < 4.78 is 79.8. The summed E-state index contributed by atoms with van der Waals surface area (Å²) in [5.41, 5.74) is -0.180. The Balaban J connectivity index is 0.974. The fourth-order valence-corrected chi connectivity index (χ4v) is 10.1. The van der Waals surface area contributed by atoms with E-state index in [-0.39, 0.29) is 104 Å². The minimum absolute atomic E-state index is 0.00774. The number of benzene rings is 2. The first-order valence-corrected chi connectivity index (χ1v) is 24.9. The number of fused-ring (bicyclic) bond motifs is 5. The molecule has 3 aromatic heterocycles. The van der Waals surface area contributed by atoms with Gasteiger partial charge in [0.05, 0.1) is 61.5 Å². The molecule has 74 heavy (non-hydrogen) atoms. The second kappa shape index (κ2) is 20.5. The Hall–Kier alpha value is -6.85. The molecule has 6 N–H and O–H groups in total. The van der Waals surface area contributed by atoms with E-state index < -0.39 is 93.2 Å². The first-order valence-electron chi connectivity index (χ1n) is 23.0. The van der Waals surface area contributed by atoms with Crippen LogP contribution in [0.4, 0.5) is 4.39 Å². The standard InChI is InChI=1S/C46H47ClFN7O18S/c1-3-46(65)27-14-30-35-25(19-55(30)42(61)26(27)20-69-45(46)64)23-5-4-6-24-34(23)29(50-35)15-28(48)39(24)73-74(66,67)72-32-13-21(7-8-31(32)70-44-38(59)36(57)37(58)40(71-44)43(62)63)41(60)53(2)9-11-68-12-10-54-18-22(51-52-54)17-49-33(56)16-47/h7-8,13-15,18,36-38,40,44,57-59,65H,3-6,9-12,16-17,19-20H2,1-2H3,(H,49,56)(H,62,63)/t36-,37-,38+,40-,44+,46-/m0/s1. The zero-order valence-corrected chi connectivity index (χ0v) is 40.8. The average Bonchev–Trinajstić information content (AvgIpc) is 4.00. The minimum atomic E-state index is -5.44. The van der Waals surface area contributed by atoms with Gasteiger partial charge in [0.1, 0.15) is 36.5 Å². The molecule has 0 bridgehead atoms. The Labute approximate surface area is 423 Å². The van der Waals surface area contributed by atoms with E-state index in [9.17, 15) is 57.9 Å². The fraction of sp³-hybridized carbons (Fsp3) is 0.435. The Kier molecular flexibility index (Phi) is 14.4. The molecule has 2 aromatic carbocycles. The maximum Gasteiger partial charge on any atom is 0.501 e. The van der Waals surface area contributed by atoms with Crippen molar-refractivity contribution in [2.45, 2.75) is 95.2 Å². The van der Waals surface area contributed by atoms with Crippen molar-refractivity contribution >= 4 is 56.7 Å². The van der Waals surface area contributed by atoms with Gasteiger partial charge in [0.15, 0.2) is 34.8 Å². The third-order valence-electron chi connectivity index (χ3n) is 13.1. The summed E-state index contributed by atoms with van der Waals surface area (Å²) >= 11 is 5.49. The van der Waals surface area contributed by atoms with Crippen molar-refractivity contribution in [3.63, 3.8) is 0 Å². The van der Waals surface area contributed by atoms with Crippen LogP contribution in [0.15, 0.2) is 41.3 Å². The number of hydrogen-bond acceptors (Lipinski definition) is 20. The molecule has 0 radical (unpaired) electrons. The number of aliphatic hydroxyl groups excluding tert-OH is 3. The van der Waals surface area contributed by atoms with Gasteiger partial charge >= 0.3 is 22.3 Å². The number of esters is 1. The molecule has 5 aromatic rings. The number of halogens is 2. The Morgan fingerprint density at radius 1 is 1.01 bits per heavy atom. The molecular formula is C46H47ClFN7O18S. The number of carboxylic acid groups (broad SMARTS) is 1. The molecule has 1 saturated heterocycles. The molecule has 3 aliphatic heterocycles. The van der Waals surface area contributed by atoms with Gasteiger partial charge in [-0.25, -0.2) is 23.6 Å². The van der Waals surface area contributed by atoms with Crippen LogP contribution in [0.3, 0.4) is 0 Å². The molecule has 394 valence electrons. The van der Waals surface area contributed by atoms with Crippen LogP contribution >= 0.6 is 11.6 Å². The molecule has 6 heterocycles. The van der Waals surface area contributed by atoms with E-state index in [1.807, 2.05) is 0 Å². The van der Waals surface area contributed by atoms with Crippen molar-refractivity contribution < 1.29 is 84.8 Å². The van der Waals surface area contributed by atoms with Crippen LogP contribution in [0.2, 0.25) is 0 Å². The fourth-order valence-electron chi connectivity index (χ4n) is 9.27. The van der Waals surface area contributed by atoms with Crippen LogP contribution in [0.1, 0.15) is 63.6 Å². The second-order valence-corrected chi connectivity index (χ2v) is 19.2. The van der Waals surface area contributed by atoms with Gasteiger partial charge < -0.3 is 67.6 Å². The number of rotatable bonds is 18. The lowest BCUT2D eigenvalue weighted by Gasteiger charge is -2.38. The normalized spacial score (nSPS) is 21.8. The number of carboxylic acids is 1. The largest absolute Gasteiger partial charge is 0.501 e. The maximum atomic E-state index is 16.4. The lowest BCUT2D eigenvalue weighted by atomic mass is 9.85. The summed E-state index contributed by atoms with van der Waals surface area (Å²) in [6.07, 6.45) is -8.15. The molecule has 0 saturated carbocycles. The molecule has 1 aliphatic carbocycles. The third kappa shape index (κ3) is 9.71. The number of amides is 2. The molecule has 28 heteroatoms. The summed E-state index contributed by atoms with van der Waals surface area (Å²) in [6, 6.07) is 5.56. The van der Waals surface area contributed by atoms with Gasteiger partial charge in [0, 0.05) is 47.3 Å². The van der Waals surface area contributed by atoms with Gasteiger partial charge in [-0.3, -0.25) is 14.4 Å². The molecule has 25 nitrogen and oxygen atoms in total. The molecule has 0 unspecified atom stereocenters. The van der Waals surface area contributed by atoms with Gasteiger partial charge in [-0.15, -0.1) is 25.1 Å². The van der Waals surface area contributed by atoms with Crippen LogP contribution in [0.25, 0.3) is 22.3 Å². The Morgan fingerprint density at radius 2 is 1.78 bits per heavy atom. The van der Waals surface area contributed by atoms with Gasteiger partial charge in [-0.05, 0) is 55.5 Å². The van der Waals surface area contributed by atoms with Crippen molar-refractivity contribution in [3.8, 4) is 28.6 Å². The van der Waals surface area contributed by atoms with Crippen molar-refractivity contribution in [3.05, 3.63) is 91.8 Å². The number of carbonyl (C=O) groups is 4. The number of carbonyl (C=O) groups excluding carboxylic acids is 3. The lowest BCUT2D eigenvalue weighted by molar-refractivity contribution is -0.271. The first-order chi connectivity index (χ1) is 35.2. The van der Waals surface area contributed by atoms with Crippen LogP contribution in [-0.2, 0) is 83.7 Å². The number of pyridine rings is 2. The number of hydrogen-bond donors (Lipinski definition) is 6. The summed E-state index contributed by atoms with van der Waals surface area (Å²) in [5.74, 6) is -7.28. The average molecular weight is 1070 g/mol. The molecule has 0 spiro atoms. The number of cyclic esters (lactones) is 1. The summed E-state index contributed by atoms with van der Waals surface area (Å²) in [5, 5.41) is 63.2.